The van der Waals surface area contributed by atoms with Crippen molar-refractivity contribution in [2.24, 2.45) is 10.8 Å². The van der Waals surface area contributed by atoms with Crippen molar-refractivity contribution in [1.82, 2.24) is 14.5 Å². The monoisotopic (exact) mass is 493 g/mol. The lowest BCUT2D eigenvalue weighted by Gasteiger charge is -2.51. The van der Waals surface area contributed by atoms with Gasteiger partial charge in [-0.1, -0.05) is 6.07 Å². The highest BCUT2D eigenvalue weighted by molar-refractivity contribution is 5.84. The number of carbonyl (C=O) groups excluding carboxylic acids is 1. The van der Waals surface area contributed by atoms with Crippen LogP contribution in [0.4, 0.5) is 8.78 Å². The fourth-order valence-electron chi connectivity index (χ4n) is 6.75. The molecule has 0 saturated heterocycles. The van der Waals surface area contributed by atoms with Crippen LogP contribution in [0, 0.1) is 22.5 Å². The van der Waals surface area contributed by atoms with E-state index in [0.717, 1.165) is 47.6 Å². The number of rotatable bonds is 5. The van der Waals surface area contributed by atoms with Crippen LogP contribution in [-0.4, -0.2) is 38.0 Å². The number of carboxylic acids is 1. The van der Waals surface area contributed by atoms with E-state index in [-0.39, 0.29) is 11.3 Å². The molecule has 4 aliphatic rings. The molecule has 3 saturated carbocycles. The van der Waals surface area contributed by atoms with Crippen LogP contribution in [0.5, 0.6) is 0 Å². The van der Waals surface area contributed by atoms with E-state index in [9.17, 15) is 23.5 Å². The third-order valence-corrected chi connectivity index (χ3v) is 9.07. The quantitative estimate of drug-likeness (QED) is 0.539. The molecule has 0 unspecified atom stereocenters. The van der Waals surface area contributed by atoms with Gasteiger partial charge in [-0.2, -0.15) is 0 Å². The largest absolute Gasteiger partial charge is 0.481 e. The summed E-state index contributed by atoms with van der Waals surface area (Å²) < 4.78 is 29.4. The molecule has 188 valence electrons. The lowest BCUT2D eigenvalue weighted by atomic mass is 9.53. The summed E-state index contributed by atoms with van der Waals surface area (Å²) in [6.07, 6.45) is 7.26. The summed E-state index contributed by atoms with van der Waals surface area (Å²) in [4.78, 5) is 31.8. The predicted molar refractivity (Wildman–Crippen MR) is 129 cm³/mol. The molecule has 3 fully saturated rings. The number of amides is 1. The molecule has 1 aromatic carbocycles. The molecule has 1 amide bonds. The normalized spacial score (nSPS) is 25.2. The molecule has 1 aliphatic heterocycles. The summed E-state index contributed by atoms with van der Waals surface area (Å²) in [5.74, 6) is -2.33. The predicted octanol–water partition coefficient (Wildman–Crippen LogP) is 5.06. The number of aliphatic carboxylic acids is 1. The molecule has 3 aromatic rings. The number of fused-ring (bicyclic) bond motifs is 6. The third kappa shape index (κ3) is 3.69. The van der Waals surface area contributed by atoms with Gasteiger partial charge in [-0.3, -0.25) is 9.59 Å². The average molecular weight is 494 g/mol. The molecule has 0 atom stereocenters. The topological polar surface area (TPSA) is 75.4 Å². The molecule has 2 aromatic heterocycles. The molecule has 7 rings (SSSR count). The van der Waals surface area contributed by atoms with Crippen molar-refractivity contribution in [1.29, 1.82) is 0 Å². The standard InChI is InChI=1S/C28H29F2N3O3/c29-21-4-3-18(14-22(21)30)16-33-23-17-32(13-5-19(23)20-2-1-12-31-25(20)33)24(34)15-27-6-9-28(10-7-27,11-8-27)26(35)36/h1-4,12,14H,5-11,13,15-17H2,(H,35,36). The Labute approximate surface area is 207 Å². The smallest absolute Gasteiger partial charge is 0.309 e. The van der Waals surface area contributed by atoms with Crippen LogP contribution < -0.4 is 0 Å². The van der Waals surface area contributed by atoms with E-state index in [2.05, 4.69) is 4.98 Å². The van der Waals surface area contributed by atoms with Gasteiger partial charge in [0.25, 0.3) is 0 Å². The number of carbonyl (C=O) groups is 2. The maximum atomic E-state index is 13.9. The number of aromatic nitrogens is 2. The molecule has 3 aliphatic carbocycles. The first-order chi connectivity index (χ1) is 17.3. The van der Waals surface area contributed by atoms with E-state index in [1.165, 1.54) is 6.07 Å². The van der Waals surface area contributed by atoms with Gasteiger partial charge >= 0.3 is 5.97 Å². The minimum absolute atomic E-state index is 0.0888. The van der Waals surface area contributed by atoms with Gasteiger partial charge in [0.05, 0.1) is 12.0 Å². The van der Waals surface area contributed by atoms with Crippen molar-refractivity contribution in [3.05, 3.63) is 65.0 Å². The lowest BCUT2D eigenvalue weighted by Crippen LogP contribution is -2.48. The number of hydrogen-bond donors (Lipinski definition) is 1. The van der Waals surface area contributed by atoms with Crippen LogP contribution in [0.15, 0.2) is 36.5 Å². The number of halogens is 2. The maximum absolute atomic E-state index is 13.9. The van der Waals surface area contributed by atoms with Crippen LogP contribution in [0.2, 0.25) is 0 Å². The third-order valence-electron chi connectivity index (χ3n) is 9.07. The van der Waals surface area contributed by atoms with Crippen LogP contribution in [-0.2, 0) is 29.1 Å². The first kappa shape index (κ1) is 23.1. The van der Waals surface area contributed by atoms with Gasteiger partial charge in [-0.15, -0.1) is 0 Å². The van der Waals surface area contributed by atoms with Gasteiger partial charge in [-0.25, -0.2) is 13.8 Å². The lowest BCUT2D eigenvalue weighted by molar-refractivity contribution is -0.160. The van der Waals surface area contributed by atoms with Gasteiger partial charge in [0.2, 0.25) is 5.91 Å². The van der Waals surface area contributed by atoms with Gasteiger partial charge in [-0.05, 0) is 85.8 Å². The Hall–Kier alpha value is -3.29. The minimum Gasteiger partial charge on any atom is -0.481 e. The SMILES string of the molecule is O=C(CC12CCC(C(=O)O)(CC1)CC2)N1CCc2c(n(Cc3ccc(F)c(F)c3)c3ncccc23)C1. The zero-order chi connectivity index (χ0) is 25.1. The fourth-order valence-corrected chi connectivity index (χ4v) is 6.75. The van der Waals surface area contributed by atoms with Crippen LogP contribution >= 0.6 is 0 Å². The van der Waals surface area contributed by atoms with Gasteiger partial charge in [0, 0.05) is 36.8 Å². The Morgan fingerprint density at radius 3 is 2.47 bits per heavy atom. The van der Waals surface area contributed by atoms with Crippen molar-refractivity contribution < 1.29 is 23.5 Å². The van der Waals surface area contributed by atoms with E-state index in [1.54, 1.807) is 12.3 Å². The zero-order valence-electron chi connectivity index (χ0n) is 20.1. The molecule has 0 spiro atoms. The molecule has 2 bridgehead atoms. The number of nitrogens with zero attached hydrogens (tertiary/aromatic N) is 3. The Bertz CT molecular complexity index is 1360. The highest BCUT2D eigenvalue weighted by atomic mass is 19.2. The molecule has 0 radical (unpaired) electrons. The van der Waals surface area contributed by atoms with Gasteiger partial charge in [0.1, 0.15) is 5.65 Å². The van der Waals surface area contributed by atoms with Gasteiger partial charge < -0.3 is 14.6 Å². The van der Waals surface area contributed by atoms with E-state index < -0.39 is 23.0 Å². The van der Waals surface area contributed by atoms with Gasteiger partial charge in [0.15, 0.2) is 11.6 Å². The van der Waals surface area contributed by atoms with Crippen molar-refractivity contribution in [2.75, 3.05) is 6.54 Å². The second-order valence-electron chi connectivity index (χ2n) is 11.0. The van der Waals surface area contributed by atoms with Crippen molar-refractivity contribution in [3.8, 4) is 0 Å². The number of carboxylic acid groups (broad SMARTS) is 1. The van der Waals surface area contributed by atoms with Crippen LogP contribution in [0.1, 0.15) is 61.8 Å². The number of hydrogen-bond acceptors (Lipinski definition) is 3. The summed E-state index contributed by atoms with van der Waals surface area (Å²) in [5.41, 5.74) is 2.89. The van der Waals surface area contributed by atoms with E-state index in [0.29, 0.717) is 57.3 Å². The summed E-state index contributed by atoms with van der Waals surface area (Å²) in [6.45, 7) is 1.41. The van der Waals surface area contributed by atoms with Crippen LogP contribution in [0.25, 0.3) is 11.0 Å². The van der Waals surface area contributed by atoms with E-state index in [4.69, 9.17) is 0 Å². The number of pyridine rings is 1. The van der Waals surface area contributed by atoms with Crippen molar-refractivity contribution >= 4 is 22.9 Å². The second-order valence-corrected chi connectivity index (χ2v) is 11.0. The Balaban J connectivity index is 1.25. The van der Waals surface area contributed by atoms with Crippen molar-refractivity contribution in [2.45, 2.75) is 64.5 Å². The first-order valence-electron chi connectivity index (χ1n) is 12.7. The number of benzene rings is 1. The highest BCUT2D eigenvalue weighted by Crippen LogP contribution is 2.58. The van der Waals surface area contributed by atoms with E-state index in [1.807, 2.05) is 21.6 Å². The Morgan fingerprint density at radius 1 is 1.03 bits per heavy atom. The molecule has 1 N–H and O–H groups in total. The van der Waals surface area contributed by atoms with Crippen LogP contribution in [0.3, 0.4) is 0 Å². The molecule has 6 nitrogen and oxygen atoms in total. The summed E-state index contributed by atoms with van der Waals surface area (Å²) in [5, 5.41) is 10.7. The maximum Gasteiger partial charge on any atom is 0.309 e. The Kier molecular flexibility index (Phi) is 5.39. The summed E-state index contributed by atoms with van der Waals surface area (Å²) in [7, 11) is 0. The molecule has 3 heterocycles. The highest BCUT2D eigenvalue weighted by Gasteiger charge is 2.53. The van der Waals surface area contributed by atoms with Crippen molar-refractivity contribution in [3.63, 3.8) is 0 Å². The van der Waals surface area contributed by atoms with E-state index >= 15 is 0 Å². The first-order valence-corrected chi connectivity index (χ1v) is 12.7. The molecular formula is C28H29F2N3O3. The Morgan fingerprint density at radius 2 is 1.78 bits per heavy atom. The fraction of sp³-hybridized carbons (Fsp3) is 0.464. The average Bonchev–Trinajstić information content (AvgIpc) is 3.20. The molecule has 8 heteroatoms. The molecular weight excluding hydrogens is 464 g/mol. The summed E-state index contributed by atoms with van der Waals surface area (Å²) in [6, 6.07) is 7.85. The minimum atomic E-state index is -0.881. The summed E-state index contributed by atoms with van der Waals surface area (Å²) >= 11 is 0. The second kappa shape index (κ2) is 8.39. The zero-order valence-corrected chi connectivity index (χ0v) is 20.1. The molecule has 36 heavy (non-hydrogen) atoms.